The number of fused-ring (bicyclic) bond motifs is 1. The Morgan fingerprint density at radius 3 is 2.35 bits per heavy atom. The van der Waals surface area contributed by atoms with E-state index in [4.69, 9.17) is 4.74 Å². The predicted molar refractivity (Wildman–Crippen MR) is 118 cm³/mol. The summed E-state index contributed by atoms with van der Waals surface area (Å²) in [5, 5.41) is 11.8. The van der Waals surface area contributed by atoms with Gasteiger partial charge in [0.15, 0.2) is 0 Å². The highest BCUT2D eigenvalue weighted by atomic mass is 32.2. The number of aromatic nitrogens is 1. The monoisotopic (exact) mass is 444 g/mol. The standard InChI is InChI=1S/C21H24N4O5S/c1-22(2)11-12-23(3)14-16-15-24(21-10-5-17(25(26)27)13-20(16)21)31(28,29)19-8-6-18(30-4)7-9-19/h5-13,15H,14H2,1-4H3/b12-11+. The van der Waals surface area contributed by atoms with Gasteiger partial charge in [-0.05, 0) is 35.9 Å². The second-order valence-electron chi connectivity index (χ2n) is 7.27. The molecule has 9 nitrogen and oxygen atoms in total. The van der Waals surface area contributed by atoms with Crippen LogP contribution in [0.4, 0.5) is 5.69 Å². The normalized spacial score (nSPS) is 11.7. The van der Waals surface area contributed by atoms with Crippen LogP contribution >= 0.6 is 0 Å². The van der Waals surface area contributed by atoms with E-state index in [2.05, 4.69) is 0 Å². The second kappa shape index (κ2) is 8.68. The van der Waals surface area contributed by atoms with Crippen molar-refractivity contribution in [1.29, 1.82) is 0 Å². The molecule has 0 aliphatic heterocycles. The third-order valence-corrected chi connectivity index (χ3v) is 6.39. The van der Waals surface area contributed by atoms with Crippen molar-refractivity contribution in [2.45, 2.75) is 11.4 Å². The summed E-state index contributed by atoms with van der Waals surface area (Å²) in [5.74, 6) is 0.543. The molecule has 0 N–H and O–H groups in total. The first-order valence-electron chi connectivity index (χ1n) is 9.36. The summed E-state index contributed by atoms with van der Waals surface area (Å²) in [5.41, 5.74) is 0.933. The fourth-order valence-electron chi connectivity index (χ4n) is 3.12. The van der Waals surface area contributed by atoms with Crippen molar-refractivity contribution in [3.8, 4) is 5.75 Å². The van der Waals surface area contributed by atoms with E-state index in [-0.39, 0.29) is 10.6 Å². The topological polar surface area (TPSA) is 97.9 Å². The zero-order valence-corrected chi connectivity index (χ0v) is 18.5. The number of nitro benzene ring substituents is 1. The lowest BCUT2D eigenvalue weighted by Gasteiger charge is -2.14. The summed E-state index contributed by atoms with van der Waals surface area (Å²) in [6, 6.07) is 10.3. The molecular weight excluding hydrogens is 420 g/mol. The Morgan fingerprint density at radius 1 is 1.10 bits per heavy atom. The third kappa shape index (κ3) is 4.64. The van der Waals surface area contributed by atoms with E-state index in [0.717, 1.165) is 0 Å². The van der Waals surface area contributed by atoms with Crippen LogP contribution in [0.15, 0.2) is 66.0 Å². The molecule has 31 heavy (non-hydrogen) atoms. The summed E-state index contributed by atoms with van der Waals surface area (Å²) >= 11 is 0. The average molecular weight is 445 g/mol. The first-order valence-corrected chi connectivity index (χ1v) is 10.8. The zero-order valence-electron chi connectivity index (χ0n) is 17.7. The molecule has 0 spiro atoms. The number of hydrogen-bond acceptors (Lipinski definition) is 7. The highest BCUT2D eigenvalue weighted by molar-refractivity contribution is 7.90. The Morgan fingerprint density at radius 2 is 1.77 bits per heavy atom. The van der Waals surface area contributed by atoms with Crippen LogP contribution in [0.1, 0.15) is 5.56 Å². The van der Waals surface area contributed by atoms with Crippen LogP contribution in [-0.2, 0) is 16.6 Å². The molecule has 3 aromatic rings. The van der Waals surface area contributed by atoms with E-state index in [0.29, 0.717) is 28.8 Å². The van der Waals surface area contributed by atoms with Gasteiger partial charge in [-0.2, -0.15) is 0 Å². The number of methoxy groups -OCH3 is 1. The van der Waals surface area contributed by atoms with Crippen LogP contribution in [0, 0.1) is 10.1 Å². The highest BCUT2D eigenvalue weighted by Gasteiger charge is 2.23. The Hall–Kier alpha value is -3.53. The van der Waals surface area contributed by atoms with Crippen LogP contribution in [0.3, 0.4) is 0 Å². The maximum Gasteiger partial charge on any atom is 0.270 e. The van der Waals surface area contributed by atoms with Crippen LogP contribution in [0.2, 0.25) is 0 Å². The van der Waals surface area contributed by atoms with Gasteiger partial charge in [-0.25, -0.2) is 12.4 Å². The van der Waals surface area contributed by atoms with Gasteiger partial charge in [-0.1, -0.05) is 0 Å². The van der Waals surface area contributed by atoms with Crippen LogP contribution in [0.25, 0.3) is 10.9 Å². The number of ether oxygens (including phenoxy) is 1. The van der Waals surface area contributed by atoms with Crippen LogP contribution < -0.4 is 4.74 Å². The van der Waals surface area contributed by atoms with E-state index in [1.165, 1.54) is 47.6 Å². The first kappa shape index (κ1) is 22.2. The molecule has 0 unspecified atom stereocenters. The summed E-state index contributed by atoms with van der Waals surface area (Å²) in [7, 11) is 3.21. The molecule has 10 heteroatoms. The third-order valence-electron chi connectivity index (χ3n) is 4.70. The molecule has 0 radical (unpaired) electrons. The van der Waals surface area contributed by atoms with E-state index in [1.54, 1.807) is 12.1 Å². The molecule has 2 aromatic carbocycles. The van der Waals surface area contributed by atoms with Gasteiger partial charge in [-0.15, -0.1) is 0 Å². The van der Waals surface area contributed by atoms with Crippen LogP contribution in [0.5, 0.6) is 5.75 Å². The summed E-state index contributed by atoms with van der Waals surface area (Å²) in [6.45, 7) is 0.368. The van der Waals surface area contributed by atoms with Crippen molar-refractivity contribution in [2.75, 3.05) is 28.3 Å². The molecule has 3 rings (SSSR count). The van der Waals surface area contributed by atoms with Crippen LogP contribution in [-0.4, -0.2) is 55.4 Å². The van der Waals surface area contributed by atoms with Gasteiger partial charge in [0.05, 0.1) is 22.4 Å². The molecule has 0 saturated heterocycles. The molecule has 0 amide bonds. The van der Waals surface area contributed by atoms with Crippen molar-refractivity contribution < 1.29 is 18.1 Å². The van der Waals surface area contributed by atoms with Gasteiger partial charge >= 0.3 is 0 Å². The Bertz CT molecular complexity index is 1230. The van der Waals surface area contributed by atoms with Gasteiger partial charge in [0, 0.05) is 63.8 Å². The average Bonchev–Trinajstić information content (AvgIpc) is 3.10. The van der Waals surface area contributed by atoms with Gasteiger partial charge in [-0.3, -0.25) is 10.1 Å². The molecule has 0 bridgehead atoms. The van der Waals surface area contributed by atoms with E-state index >= 15 is 0 Å². The SMILES string of the molecule is COc1ccc(S(=O)(=O)n2cc(CN(C)/C=C/N(C)C)c3cc([N+](=O)[O-])ccc32)cc1. The molecule has 0 aliphatic carbocycles. The maximum atomic E-state index is 13.3. The van der Waals surface area contributed by atoms with Gasteiger partial charge in [0.1, 0.15) is 5.75 Å². The molecule has 1 heterocycles. The lowest BCUT2D eigenvalue weighted by atomic mass is 10.1. The smallest absolute Gasteiger partial charge is 0.270 e. The number of benzene rings is 2. The summed E-state index contributed by atoms with van der Waals surface area (Å²) < 4.78 is 32.9. The number of nitro groups is 1. The first-order chi connectivity index (χ1) is 14.6. The molecule has 0 aliphatic rings. The summed E-state index contributed by atoms with van der Waals surface area (Å²) in [6.07, 6.45) is 5.22. The number of nitrogens with zero attached hydrogens (tertiary/aromatic N) is 4. The number of non-ortho nitro benzene ring substituents is 1. The zero-order chi connectivity index (χ0) is 22.8. The summed E-state index contributed by atoms with van der Waals surface area (Å²) in [4.78, 5) is 14.6. The predicted octanol–water partition coefficient (Wildman–Crippen LogP) is 3.26. The van der Waals surface area contributed by atoms with Crippen molar-refractivity contribution in [3.63, 3.8) is 0 Å². The van der Waals surface area contributed by atoms with Crippen molar-refractivity contribution in [2.24, 2.45) is 0 Å². The minimum absolute atomic E-state index is 0.0935. The van der Waals surface area contributed by atoms with Gasteiger partial charge in [0.2, 0.25) is 0 Å². The lowest BCUT2D eigenvalue weighted by Crippen LogP contribution is -2.13. The minimum Gasteiger partial charge on any atom is -0.497 e. The number of rotatable bonds is 8. The number of hydrogen-bond donors (Lipinski definition) is 0. The molecule has 0 fully saturated rings. The Balaban J connectivity index is 2.14. The van der Waals surface area contributed by atoms with Gasteiger partial charge in [0.25, 0.3) is 15.7 Å². The second-order valence-corrected chi connectivity index (χ2v) is 9.08. The van der Waals surface area contributed by atoms with E-state index < -0.39 is 14.9 Å². The Kier molecular flexibility index (Phi) is 6.21. The molecule has 164 valence electrons. The van der Waals surface area contributed by atoms with Crippen molar-refractivity contribution in [1.82, 2.24) is 13.8 Å². The van der Waals surface area contributed by atoms with E-state index in [9.17, 15) is 18.5 Å². The van der Waals surface area contributed by atoms with Gasteiger partial charge < -0.3 is 14.5 Å². The molecule has 0 saturated carbocycles. The largest absolute Gasteiger partial charge is 0.497 e. The maximum absolute atomic E-state index is 13.3. The fraction of sp³-hybridized carbons (Fsp3) is 0.238. The highest BCUT2D eigenvalue weighted by Crippen LogP contribution is 2.30. The lowest BCUT2D eigenvalue weighted by molar-refractivity contribution is -0.384. The molecule has 0 atom stereocenters. The van der Waals surface area contributed by atoms with E-state index in [1.807, 2.05) is 43.3 Å². The molecular formula is C21H24N4O5S. The Labute approximate surface area is 181 Å². The van der Waals surface area contributed by atoms with Crippen molar-refractivity contribution in [3.05, 3.63) is 76.7 Å². The van der Waals surface area contributed by atoms with Crippen molar-refractivity contribution >= 4 is 26.6 Å². The minimum atomic E-state index is -3.92. The quantitative estimate of drug-likeness (QED) is 0.388. The fourth-order valence-corrected chi connectivity index (χ4v) is 4.51. The molecule has 1 aromatic heterocycles.